The predicted molar refractivity (Wildman–Crippen MR) is 99.6 cm³/mol. The number of hydrogen-bond donors (Lipinski definition) is 1. The Morgan fingerprint density at radius 2 is 1.35 bits per heavy atom. The van der Waals surface area contributed by atoms with Crippen molar-refractivity contribution in [3.63, 3.8) is 0 Å². The van der Waals surface area contributed by atoms with E-state index in [-0.39, 0.29) is 0 Å². The van der Waals surface area contributed by atoms with Crippen molar-refractivity contribution in [2.75, 3.05) is 12.4 Å². The Morgan fingerprint density at radius 1 is 0.783 bits per heavy atom. The number of thiol groups is 1. The third-order valence-electron chi connectivity index (χ3n) is 3.47. The summed E-state index contributed by atoms with van der Waals surface area (Å²) >= 11 is 4.21. The largest absolute Gasteiger partial charge is 0.494 e. The average molecular weight is 328 g/mol. The first-order valence-electron chi connectivity index (χ1n) is 8.10. The van der Waals surface area contributed by atoms with Crippen molar-refractivity contribution in [1.82, 2.24) is 0 Å². The highest BCUT2D eigenvalue weighted by Crippen LogP contribution is 2.21. The molecule has 0 bridgehead atoms. The molecule has 0 aliphatic heterocycles. The summed E-state index contributed by atoms with van der Waals surface area (Å²) in [5.74, 6) is 1.85. The fourth-order valence-electron chi connectivity index (χ4n) is 2.09. The zero-order chi connectivity index (χ0) is 16.3. The van der Waals surface area contributed by atoms with Gasteiger partial charge in [0, 0.05) is 0 Å². The molecule has 0 N–H and O–H groups in total. The number of azo groups is 1. The van der Waals surface area contributed by atoms with Crippen LogP contribution in [0.1, 0.15) is 31.2 Å². The molecule has 2 aromatic rings. The Balaban J connectivity index is 1.76. The summed E-state index contributed by atoms with van der Waals surface area (Å²) < 4.78 is 5.73. The summed E-state index contributed by atoms with van der Waals surface area (Å²) in [6.45, 7) is 2.82. The fraction of sp³-hybridized carbons (Fsp3) is 0.368. The van der Waals surface area contributed by atoms with E-state index in [4.69, 9.17) is 4.74 Å². The van der Waals surface area contributed by atoms with Crippen LogP contribution in [0.2, 0.25) is 0 Å². The van der Waals surface area contributed by atoms with E-state index in [1.54, 1.807) is 0 Å². The molecule has 0 spiro atoms. The highest BCUT2D eigenvalue weighted by Gasteiger charge is 1.96. The smallest absolute Gasteiger partial charge is 0.119 e. The van der Waals surface area contributed by atoms with Gasteiger partial charge in [-0.2, -0.15) is 22.9 Å². The van der Waals surface area contributed by atoms with Crippen molar-refractivity contribution >= 4 is 24.0 Å². The standard InChI is InChI=1S/C19H24N2OS/c1-16-6-8-17(9-7-16)20-21-18-10-12-19(13-11-18)22-14-4-2-3-5-15-23/h6-13,23H,2-5,14-15H2,1H3. The molecule has 0 saturated carbocycles. The average Bonchev–Trinajstić information content (AvgIpc) is 2.58. The van der Waals surface area contributed by atoms with Crippen molar-refractivity contribution in [3.05, 3.63) is 54.1 Å². The molecule has 0 amide bonds. The second-order valence-corrected chi connectivity index (χ2v) is 5.96. The lowest BCUT2D eigenvalue weighted by atomic mass is 10.2. The van der Waals surface area contributed by atoms with E-state index in [1.807, 2.05) is 48.5 Å². The van der Waals surface area contributed by atoms with Crippen LogP contribution in [0.4, 0.5) is 11.4 Å². The van der Waals surface area contributed by atoms with Crippen LogP contribution in [0.5, 0.6) is 5.75 Å². The normalized spacial score (nSPS) is 11.0. The van der Waals surface area contributed by atoms with Gasteiger partial charge < -0.3 is 4.74 Å². The topological polar surface area (TPSA) is 34.0 Å². The van der Waals surface area contributed by atoms with Crippen LogP contribution in [0.15, 0.2) is 58.8 Å². The van der Waals surface area contributed by atoms with Crippen molar-refractivity contribution in [1.29, 1.82) is 0 Å². The lowest BCUT2D eigenvalue weighted by Crippen LogP contribution is -1.96. The van der Waals surface area contributed by atoms with E-state index in [2.05, 4.69) is 29.8 Å². The Kier molecular flexibility index (Phi) is 7.67. The zero-order valence-electron chi connectivity index (χ0n) is 13.6. The summed E-state index contributed by atoms with van der Waals surface area (Å²) in [7, 11) is 0. The minimum absolute atomic E-state index is 0.761. The molecule has 2 aromatic carbocycles. The molecule has 0 radical (unpaired) electrons. The molecule has 23 heavy (non-hydrogen) atoms. The SMILES string of the molecule is Cc1ccc(N=Nc2ccc(OCCCCCCS)cc2)cc1. The number of benzene rings is 2. The number of rotatable bonds is 9. The van der Waals surface area contributed by atoms with E-state index in [1.165, 1.54) is 24.8 Å². The van der Waals surface area contributed by atoms with E-state index >= 15 is 0 Å². The van der Waals surface area contributed by atoms with Crippen molar-refractivity contribution < 1.29 is 4.74 Å². The van der Waals surface area contributed by atoms with Gasteiger partial charge in [-0.25, -0.2) is 0 Å². The molecule has 0 unspecified atom stereocenters. The van der Waals surface area contributed by atoms with Gasteiger partial charge in [-0.05, 0) is 61.9 Å². The number of nitrogens with zero attached hydrogens (tertiary/aromatic N) is 2. The minimum atomic E-state index is 0.761. The molecule has 122 valence electrons. The Morgan fingerprint density at radius 3 is 1.96 bits per heavy atom. The number of aryl methyl sites for hydroxylation is 1. The highest BCUT2D eigenvalue weighted by atomic mass is 32.1. The third-order valence-corrected chi connectivity index (χ3v) is 3.79. The van der Waals surface area contributed by atoms with Crippen LogP contribution in [-0.4, -0.2) is 12.4 Å². The summed E-state index contributed by atoms with van der Waals surface area (Å²) in [5.41, 5.74) is 2.90. The number of ether oxygens (including phenoxy) is 1. The van der Waals surface area contributed by atoms with Gasteiger partial charge in [0.05, 0.1) is 18.0 Å². The molecule has 0 aromatic heterocycles. The number of unbranched alkanes of at least 4 members (excludes halogenated alkanes) is 3. The molecule has 0 fully saturated rings. The second kappa shape index (κ2) is 10.1. The van der Waals surface area contributed by atoms with Gasteiger partial charge in [0.2, 0.25) is 0 Å². The lowest BCUT2D eigenvalue weighted by Gasteiger charge is -2.05. The molecule has 2 rings (SSSR count). The van der Waals surface area contributed by atoms with E-state index in [0.29, 0.717) is 0 Å². The summed E-state index contributed by atoms with van der Waals surface area (Å²) in [6.07, 6.45) is 4.70. The monoisotopic (exact) mass is 328 g/mol. The molecule has 0 aliphatic carbocycles. The maximum Gasteiger partial charge on any atom is 0.119 e. The highest BCUT2D eigenvalue weighted by molar-refractivity contribution is 7.80. The summed E-state index contributed by atoms with van der Waals surface area (Å²) in [4.78, 5) is 0. The van der Waals surface area contributed by atoms with Crippen molar-refractivity contribution in [2.24, 2.45) is 10.2 Å². The molecular formula is C19H24N2OS. The predicted octanol–water partition coefficient (Wildman–Crippen LogP) is 6.28. The zero-order valence-corrected chi connectivity index (χ0v) is 14.5. The lowest BCUT2D eigenvalue weighted by molar-refractivity contribution is 0.305. The molecule has 0 aliphatic rings. The van der Waals surface area contributed by atoms with E-state index < -0.39 is 0 Å². The van der Waals surface area contributed by atoms with Crippen LogP contribution in [0, 0.1) is 6.92 Å². The summed E-state index contributed by atoms with van der Waals surface area (Å²) in [5, 5.41) is 8.47. The van der Waals surface area contributed by atoms with Crippen LogP contribution in [0.25, 0.3) is 0 Å². The van der Waals surface area contributed by atoms with Crippen molar-refractivity contribution in [3.8, 4) is 5.75 Å². The van der Waals surface area contributed by atoms with Gasteiger partial charge in [-0.1, -0.05) is 30.5 Å². The fourth-order valence-corrected chi connectivity index (χ4v) is 2.32. The molecule has 0 atom stereocenters. The second-order valence-electron chi connectivity index (χ2n) is 5.52. The first kappa shape index (κ1) is 17.5. The third kappa shape index (κ3) is 6.87. The minimum Gasteiger partial charge on any atom is -0.494 e. The quantitative estimate of drug-likeness (QED) is 0.328. The van der Waals surface area contributed by atoms with Gasteiger partial charge in [0.25, 0.3) is 0 Å². The summed E-state index contributed by atoms with van der Waals surface area (Å²) in [6, 6.07) is 15.7. The van der Waals surface area contributed by atoms with Gasteiger partial charge in [-0.3, -0.25) is 0 Å². The molecule has 0 heterocycles. The first-order chi connectivity index (χ1) is 11.3. The van der Waals surface area contributed by atoms with Crippen LogP contribution < -0.4 is 4.74 Å². The van der Waals surface area contributed by atoms with Gasteiger partial charge in [0.15, 0.2) is 0 Å². The van der Waals surface area contributed by atoms with E-state index in [9.17, 15) is 0 Å². The Hall–Kier alpha value is -1.81. The molecule has 3 nitrogen and oxygen atoms in total. The molecule has 0 saturated heterocycles. The van der Waals surface area contributed by atoms with Crippen LogP contribution in [0.3, 0.4) is 0 Å². The molecular weight excluding hydrogens is 304 g/mol. The number of hydrogen-bond acceptors (Lipinski definition) is 4. The Bertz CT molecular complexity index is 594. The Labute approximate surface area is 144 Å². The molecule has 4 heteroatoms. The van der Waals surface area contributed by atoms with Crippen molar-refractivity contribution in [2.45, 2.75) is 32.6 Å². The first-order valence-corrected chi connectivity index (χ1v) is 8.73. The van der Waals surface area contributed by atoms with Crippen LogP contribution >= 0.6 is 12.6 Å². The van der Waals surface area contributed by atoms with Gasteiger partial charge in [-0.15, -0.1) is 0 Å². The van der Waals surface area contributed by atoms with E-state index in [0.717, 1.165) is 35.9 Å². The maximum atomic E-state index is 5.73. The van der Waals surface area contributed by atoms with Crippen LogP contribution in [-0.2, 0) is 0 Å². The van der Waals surface area contributed by atoms with Gasteiger partial charge in [0.1, 0.15) is 5.75 Å². The maximum absolute atomic E-state index is 5.73. The van der Waals surface area contributed by atoms with Gasteiger partial charge >= 0.3 is 0 Å².